The monoisotopic (exact) mass is 559 g/mol. The average molecular weight is 560 g/mol. The Morgan fingerprint density at radius 3 is 2.49 bits per heavy atom. The first kappa shape index (κ1) is 27.5. The fraction of sp³-hybridized carbons (Fsp3) is 0.312. The molecule has 39 heavy (non-hydrogen) atoms. The molecule has 5 rings (SSSR count). The van der Waals surface area contributed by atoms with E-state index >= 15 is 0 Å². The predicted octanol–water partition coefficient (Wildman–Crippen LogP) is 7.02. The molecule has 202 valence electrons. The van der Waals surface area contributed by atoms with Crippen LogP contribution in [-0.2, 0) is 11.3 Å². The lowest BCUT2D eigenvalue weighted by atomic mass is 10.1. The number of anilines is 1. The Labute approximate surface area is 240 Å². The Hall–Kier alpha value is -3.06. The van der Waals surface area contributed by atoms with E-state index in [-0.39, 0.29) is 11.8 Å². The molecule has 1 fully saturated rings. The van der Waals surface area contributed by atoms with Crippen molar-refractivity contribution in [3.05, 3.63) is 99.4 Å². The molecule has 2 amide bonds. The van der Waals surface area contributed by atoms with Gasteiger partial charge in [0.1, 0.15) is 0 Å². The molecule has 0 aromatic heterocycles. The molecular weight excluding hydrogens is 526 g/mol. The van der Waals surface area contributed by atoms with Crippen molar-refractivity contribution in [3.8, 4) is 0 Å². The smallest absolute Gasteiger partial charge is 0.265 e. The molecule has 0 atom stereocenters. The van der Waals surface area contributed by atoms with Gasteiger partial charge in [-0.1, -0.05) is 72.6 Å². The number of amides is 2. The van der Waals surface area contributed by atoms with Crippen molar-refractivity contribution in [2.24, 2.45) is 0 Å². The van der Waals surface area contributed by atoms with Gasteiger partial charge in [0.05, 0.1) is 17.1 Å². The van der Waals surface area contributed by atoms with Crippen LogP contribution in [0.1, 0.15) is 53.6 Å². The van der Waals surface area contributed by atoms with E-state index in [0.29, 0.717) is 28.6 Å². The molecule has 3 aromatic rings. The molecule has 7 heteroatoms. The second-order valence-corrected chi connectivity index (χ2v) is 11.6. The van der Waals surface area contributed by atoms with Gasteiger partial charge in [-0.2, -0.15) is 0 Å². The van der Waals surface area contributed by atoms with E-state index in [9.17, 15) is 9.59 Å². The van der Waals surface area contributed by atoms with Gasteiger partial charge in [0.2, 0.25) is 0 Å². The molecule has 2 heterocycles. The van der Waals surface area contributed by atoms with Crippen molar-refractivity contribution >= 4 is 46.9 Å². The van der Waals surface area contributed by atoms with Crippen LogP contribution in [-0.4, -0.2) is 42.9 Å². The second-order valence-electron chi connectivity index (χ2n) is 10.1. The highest BCUT2D eigenvalue weighted by Gasteiger charge is 2.29. The van der Waals surface area contributed by atoms with Crippen LogP contribution >= 0.6 is 23.4 Å². The summed E-state index contributed by atoms with van der Waals surface area (Å²) in [6, 6.07) is 23.0. The standard InChI is InChI=1S/C32H34ClN3O2S/c33-27-10-7-9-25(21-27)23-36-28-11-3-4-12-29(28)39-30(32(36)38)22-24-13-15-26(16-14-24)31(37)34-17-8-20-35-18-5-1-2-6-19-35/h3-4,7,9-16,21-22H,1-2,5-6,8,17-20,23H2,(H,34,37). The molecule has 0 spiro atoms. The lowest BCUT2D eigenvalue weighted by Gasteiger charge is -2.30. The number of fused-ring (bicyclic) bond motifs is 1. The Balaban J connectivity index is 1.22. The van der Waals surface area contributed by atoms with Crippen LogP contribution in [0.3, 0.4) is 0 Å². The van der Waals surface area contributed by atoms with E-state index in [1.807, 2.05) is 78.9 Å². The van der Waals surface area contributed by atoms with Gasteiger partial charge >= 0.3 is 0 Å². The molecular formula is C32H34ClN3O2S. The topological polar surface area (TPSA) is 52.7 Å². The highest BCUT2D eigenvalue weighted by molar-refractivity contribution is 8.04. The summed E-state index contributed by atoms with van der Waals surface area (Å²) in [5.74, 6) is -0.111. The Morgan fingerprint density at radius 1 is 0.949 bits per heavy atom. The summed E-state index contributed by atoms with van der Waals surface area (Å²) in [6.07, 6.45) is 8.10. The Kier molecular flexibility index (Phi) is 9.40. The van der Waals surface area contributed by atoms with Crippen LogP contribution in [0.25, 0.3) is 6.08 Å². The number of thioether (sulfide) groups is 1. The molecule has 2 aliphatic rings. The van der Waals surface area contributed by atoms with Crippen LogP contribution in [0, 0.1) is 0 Å². The highest BCUT2D eigenvalue weighted by Crippen LogP contribution is 2.42. The van der Waals surface area contributed by atoms with Crippen LogP contribution in [0.15, 0.2) is 82.6 Å². The van der Waals surface area contributed by atoms with E-state index in [0.717, 1.165) is 34.7 Å². The van der Waals surface area contributed by atoms with E-state index in [4.69, 9.17) is 11.6 Å². The predicted molar refractivity (Wildman–Crippen MR) is 161 cm³/mol. The molecule has 0 saturated carbocycles. The SMILES string of the molecule is O=C(NCCCN1CCCCCC1)c1ccc(C=C2Sc3ccccc3N(Cc3cccc(Cl)c3)C2=O)cc1. The first-order valence-electron chi connectivity index (χ1n) is 13.7. The quantitative estimate of drug-likeness (QED) is 0.238. The van der Waals surface area contributed by atoms with Gasteiger partial charge in [0, 0.05) is 22.0 Å². The van der Waals surface area contributed by atoms with Crippen molar-refractivity contribution in [2.45, 2.75) is 43.5 Å². The van der Waals surface area contributed by atoms with Crippen LogP contribution in [0.5, 0.6) is 0 Å². The minimum Gasteiger partial charge on any atom is -0.352 e. The Bertz CT molecular complexity index is 1330. The number of carbonyl (C=O) groups is 2. The van der Waals surface area contributed by atoms with Gasteiger partial charge in [0.15, 0.2) is 0 Å². The molecule has 0 aliphatic carbocycles. The lowest BCUT2D eigenvalue weighted by Crippen LogP contribution is -2.33. The molecule has 0 bridgehead atoms. The third-order valence-electron chi connectivity index (χ3n) is 7.17. The normalized spacial score (nSPS) is 17.1. The molecule has 2 aliphatic heterocycles. The van der Waals surface area contributed by atoms with E-state index < -0.39 is 0 Å². The second kappa shape index (κ2) is 13.3. The highest BCUT2D eigenvalue weighted by atomic mass is 35.5. The zero-order chi connectivity index (χ0) is 27.0. The summed E-state index contributed by atoms with van der Waals surface area (Å²) in [6.45, 7) is 4.50. The molecule has 1 saturated heterocycles. The largest absolute Gasteiger partial charge is 0.352 e. The van der Waals surface area contributed by atoms with Crippen molar-refractivity contribution < 1.29 is 9.59 Å². The first-order valence-corrected chi connectivity index (χ1v) is 14.9. The summed E-state index contributed by atoms with van der Waals surface area (Å²) in [4.78, 5) is 32.2. The molecule has 0 radical (unpaired) electrons. The van der Waals surface area contributed by atoms with Crippen molar-refractivity contribution in [2.75, 3.05) is 31.1 Å². The van der Waals surface area contributed by atoms with Gasteiger partial charge < -0.3 is 15.1 Å². The van der Waals surface area contributed by atoms with Gasteiger partial charge in [-0.3, -0.25) is 9.59 Å². The zero-order valence-electron chi connectivity index (χ0n) is 22.1. The van der Waals surface area contributed by atoms with Crippen molar-refractivity contribution in [1.29, 1.82) is 0 Å². The summed E-state index contributed by atoms with van der Waals surface area (Å²) >= 11 is 7.67. The summed E-state index contributed by atoms with van der Waals surface area (Å²) in [5, 5.41) is 3.70. The number of nitrogens with one attached hydrogen (secondary N) is 1. The molecule has 3 aromatic carbocycles. The number of nitrogens with zero attached hydrogens (tertiary/aromatic N) is 2. The van der Waals surface area contributed by atoms with Gasteiger partial charge in [-0.05, 0) is 92.5 Å². The van der Waals surface area contributed by atoms with Crippen molar-refractivity contribution in [1.82, 2.24) is 10.2 Å². The number of carbonyl (C=O) groups excluding carboxylic acids is 2. The number of rotatable bonds is 8. The van der Waals surface area contributed by atoms with Crippen LogP contribution in [0.4, 0.5) is 5.69 Å². The minimum absolute atomic E-state index is 0.0510. The number of hydrogen-bond acceptors (Lipinski definition) is 4. The zero-order valence-corrected chi connectivity index (χ0v) is 23.6. The molecule has 0 unspecified atom stereocenters. The molecule has 5 nitrogen and oxygen atoms in total. The number of benzene rings is 3. The fourth-order valence-electron chi connectivity index (χ4n) is 5.09. The average Bonchev–Trinajstić information content (AvgIpc) is 3.23. The van der Waals surface area contributed by atoms with Crippen molar-refractivity contribution in [3.63, 3.8) is 0 Å². The van der Waals surface area contributed by atoms with E-state index in [1.165, 1.54) is 50.5 Å². The number of hydrogen-bond donors (Lipinski definition) is 1. The maximum Gasteiger partial charge on any atom is 0.265 e. The number of halogens is 1. The number of likely N-dealkylation sites (tertiary alicyclic amines) is 1. The van der Waals surface area contributed by atoms with Gasteiger partial charge in [-0.15, -0.1) is 0 Å². The maximum absolute atomic E-state index is 13.6. The summed E-state index contributed by atoms with van der Waals surface area (Å²) < 4.78 is 0. The summed E-state index contributed by atoms with van der Waals surface area (Å²) in [7, 11) is 0. The third-order valence-corrected chi connectivity index (χ3v) is 8.48. The lowest BCUT2D eigenvalue weighted by molar-refractivity contribution is -0.114. The van der Waals surface area contributed by atoms with Crippen LogP contribution < -0.4 is 10.2 Å². The van der Waals surface area contributed by atoms with E-state index in [2.05, 4.69) is 10.2 Å². The number of para-hydroxylation sites is 1. The first-order chi connectivity index (χ1) is 19.1. The maximum atomic E-state index is 13.6. The molecule has 1 N–H and O–H groups in total. The van der Waals surface area contributed by atoms with E-state index in [1.54, 1.807) is 4.90 Å². The third kappa shape index (κ3) is 7.33. The summed E-state index contributed by atoms with van der Waals surface area (Å²) in [5.41, 5.74) is 3.37. The fourth-order valence-corrected chi connectivity index (χ4v) is 6.36. The van der Waals surface area contributed by atoms with Gasteiger partial charge in [0.25, 0.3) is 11.8 Å². The van der Waals surface area contributed by atoms with Crippen LogP contribution in [0.2, 0.25) is 5.02 Å². The van der Waals surface area contributed by atoms with Gasteiger partial charge in [-0.25, -0.2) is 0 Å². The minimum atomic E-state index is -0.0604. The Morgan fingerprint density at radius 2 is 1.72 bits per heavy atom.